The Morgan fingerprint density at radius 3 is 2.59 bits per heavy atom. The zero-order valence-corrected chi connectivity index (χ0v) is 16.1. The molecule has 6 nitrogen and oxygen atoms in total. The van der Waals surface area contributed by atoms with Gasteiger partial charge in [0.15, 0.2) is 0 Å². The number of carbonyl (C=O) groups excluding carboxylic acids is 1. The van der Waals surface area contributed by atoms with Crippen molar-refractivity contribution in [3.8, 4) is 5.75 Å². The second-order valence-corrected chi connectivity index (χ2v) is 7.62. The molecule has 1 aromatic carbocycles. The maximum Gasteiger partial charge on any atom is 0.226 e. The number of nitrogens with zero attached hydrogens (tertiary/aromatic N) is 4. The number of methoxy groups -OCH3 is 1. The average Bonchev–Trinajstić information content (AvgIpc) is 2.97. The lowest BCUT2D eigenvalue weighted by Crippen LogP contribution is -2.39. The number of hydrogen-bond acceptors (Lipinski definition) is 4. The third kappa shape index (κ3) is 3.99. The van der Waals surface area contributed by atoms with Crippen LogP contribution in [0.15, 0.2) is 24.3 Å². The van der Waals surface area contributed by atoms with Gasteiger partial charge in [-0.2, -0.15) is 0 Å². The number of rotatable bonds is 4. The number of aryl methyl sites for hydroxylation is 1. The van der Waals surface area contributed by atoms with Crippen LogP contribution in [-0.4, -0.2) is 45.8 Å². The lowest BCUT2D eigenvalue weighted by Gasteiger charge is -2.32. The number of hydrogen-bond donors (Lipinski definition) is 0. The van der Waals surface area contributed by atoms with Crippen LogP contribution in [0.4, 0.5) is 0 Å². The first-order valence-corrected chi connectivity index (χ1v) is 10.1. The Bertz CT molecular complexity index is 776. The lowest BCUT2D eigenvalue weighted by atomic mass is 9.95. The first-order valence-electron chi connectivity index (χ1n) is 10.1. The molecule has 2 aliphatic rings. The summed E-state index contributed by atoms with van der Waals surface area (Å²) < 4.78 is 7.53. The fourth-order valence-electron chi connectivity index (χ4n) is 4.23. The summed E-state index contributed by atoms with van der Waals surface area (Å²) in [5, 5.41) is 8.95. The monoisotopic (exact) mass is 368 g/mol. The lowest BCUT2D eigenvalue weighted by molar-refractivity contribution is -0.131. The van der Waals surface area contributed by atoms with Gasteiger partial charge in [0.05, 0.1) is 13.5 Å². The van der Waals surface area contributed by atoms with Crippen molar-refractivity contribution in [1.29, 1.82) is 0 Å². The van der Waals surface area contributed by atoms with Crippen LogP contribution in [0, 0.1) is 0 Å². The van der Waals surface area contributed by atoms with E-state index in [1.807, 2.05) is 29.2 Å². The van der Waals surface area contributed by atoms with Crippen molar-refractivity contribution in [3.05, 3.63) is 41.5 Å². The highest BCUT2D eigenvalue weighted by Crippen LogP contribution is 2.29. The molecule has 0 atom stereocenters. The minimum absolute atomic E-state index is 0.207. The first-order chi connectivity index (χ1) is 13.2. The van der Waals surface area contributed by atoms with Crippen LogP contribution >= 0.6 is 0 Å². The predicted molar refractivity (Wildman–Crippen MR) is 103 cm³/mol. The van der Waals surface area contributed by atoms with E-state index >= 15 is 0 Å². The molecule has 1 saturated heterocycles. The Morgan fingerprint density at radius 2 is 1.85 bits per heavy atom. The number of amides is 1. The molecule has 0 spiro atoms. The maximum atomic E-state index is 12.7. The number of piperidine rings is 1. The van der Waals surface area contributed by atoms with Crippen LogP contribution in [0.5, 0.6) is 5.75 Å². The van der Waals surface area contributed by atoms with Gasteiger partial charge in [0, 0.05) is 32.0 Å². The standard InChI is InChI=1S/C21H28N4O2/c1-27-18-8-6-16(7-9-18)15-20(26)24-13-10-17(11-14-24)21-23-22-19-5-3-2-4-12-25(19)21/h6-9,17H,2-5,10-15H2,1H3. The molecule has 0 bridgehead atoms. The largest absolute Gasteiger partial charge is 0.497 e. The topological polar surface area (TPSA) is 60.2 Å². The highest BCUT2D eigenvalue weighted by atomic mass is 16.5. The second-order valence-electron chi connectivity index (χ2n) is 7.62. The molecule has 27 heavy (non-hydrogen) atoms. The van der Waals surface area contributed by atoms with Crippen LogP contribution in [0.3, 0.4) is 0 Å². The summed E-state index contributed by atoms with van der Waals surface area (Å²) in [4.78, 5) is 14.7. The summed E-state index contributed by atoms with van der Waals surface area (Å²) >= 11 is 0. The minimum Gasteiger partial charge on any atom is -0.497 e. The Labute approximate surface area is 160 Å². The second kappa shape index (κ2) is 8.11. The smallest absolute Gasteiger partial charge is 0.226 e. The zero-order chi connectivity index (χ0) is 18.6. The van der Waals surface area contributed by atoms with Crippen molar-refractivity contribution < 1.29 is 9.53 Å². The molecule has 1 fully saturated rings. The van der Waals surface area contributed by atoms with E-state index in [2.05, 4.69) is 14.8 Å². The van der Waals surface area contributed by atoms with Crippen molar-refractivity contribution in [2.75, 3.05) is 20.2 Å². The van der Waals surface area contributed by atoms with Gasteiger partial charge in [0.2, 0.25) is 5.91 Å². The molecule has 144 valence electrons. The number of carbonyl (C=O) groups is 1. The third-order valence-corrected chi connectivity index (χ3v) is 5.87. The summed E-state index contributed by atoms with van der Waals surface area (Å²) in [5.41, 5.74) is 1.03. The predicted octanol–water partition coefficient (Wildman–Crippen LogP) is 2.96. The average molecular weight is 368 g/mol. The van der Waals surface area contributed by atoms with Crippen molar-refractivity contribution in [2.24, 2.45) is 0 Å². The highest BCUT2D eigenvalue weighted by Gasteiger charge is 2.28. The number of aromatic nitrogens is 3. The van der Waals surface area contributed by atoms with Gasteiger partial charge in [-0.1, -0.05) is 18.6 Å². The SMILES string of the molecule is COc1ccc(CC(=O)N2CCC(c3nnc4n3CCCCC4)CC2)cc1. The Balaban J connectivity index is 1.34. The summed E-state index contributed by atoms with van der Waals surface area (Å²) in [7, 11) is 1.65. The molecule has 0 unspecified atom stereocenters. The summed E-state index contributed by atoms with van der Waals surface area (Å²) in [5.74, 6) is 3.75. The summed E-state index contributed by atoms with van der Waals surface area (Å²) in [6.07, 6.45) is 7.18. The molecule has 0 saturated carbocycles. The molecule has 2 aromatic rings. The normalized spacial score (nSPS) is 18.0. The van der Waals surface area contributed by atoms with Crippen LogP contribution in [0.2, 0.25) is 0 Å². The first kappa shape index (κ1) is 18.0. The molecular formula is C21H28N4O2. The summed E-state index contributed by atoms with van der Waals surface area (Å²) in [6.45, 7) is 2.66. The number of likely N-dealkylation sites (tertiary alicyclic amines) is 1. The Kier molecular flexibility index (Phi) is 5.41. The molecule has 0 N–H and O–H groups in total. The molecule has 1 amide bonds. The fourth-order valence-corrected chi connectivity index (χ4v) is 4.23. The third-order valence-electron chi connectivity index (χ3n) is 5.87. The number of ether oxygens (including phenoxy) is 1. The van der Waals surface area contributed by atoms with Crippen molar-refractivity contribution in [1.82, 2.24) is 19.7 Å². The van der Waals surface area contributed by atoms with E-state index in [1.54, 1.807) is 7.11 Å². The summed E-state index contributed by atoms with van der Waals surface area (Å²) in [6, 6.07) is 7.75. The Hall–Kier alpha value is -2.37. The van der Waals surface area contributed by atoms with Crippen LogP contribution < -0.4 is 4.74 Å². The molecule has 1 aromatic heterocycles. The quantitative estimate of drug-likeness (QED) is 0.832. The van der Waals surface area contributed by atoms with E-state index in [0.29, 0.717) is 12.3 Å². The number of fused-ring (bicyclic) bond motifs is 1. The molecule has 4 rings (SSSR count). The van der Waals surface area contributed by atoms with Gasteiger partial charge in [-0.05, 0) is 43.4 Å². The molecule has 0 aliphatic carbocycles. The van der Waals surface area contributed by atoms with Crippen molar-refractivity contribution >= 4 is 5.91 Å². The van der Waals surface area contributed by atoms with Crippen molar-refractivity contribution in [2.45, 2.75) is 57.4 Å². The van der Waals surface area contributed by atoms with Crippen LogP contribution in [0.25, 0.3) is 0 Å². The van der Waals surface area contributed by atoms with Gasteiger partial charge >= 0.3 is 0 Å². The van der Waals surface area contributed by atoms with Gasteiger partial charge < -0.3 is 14.2 Å². The molecular weight excluding hydrogens is 340 g/mol. The van der Waals surface area contributed by atoms with Crippen molar-refractivity contribution in [3.63, 3.8) is 0 Å². The van der Waals surface area contributed by atoms with E-state index in [4.69, 9.17) is 4.74 Å². The molecule has 6 heteroatoms. The van der Waals surface area contributed by atoms with E-state index in [0.717, 1.165) is 61.9 Å². The molecule has 2 aliphatic heterocycles. The fraction of sp³-hybridized carbons (Fsp3) is 0.571. The minimum atomic E-state index is 0.207. The molecule has 3 heterocycles. The van der Waals surface area contributed by atoms with E-state index in [1.165, 1.54) is 19.3 Å². The van der Waals surface area contributed by atoms with E-state index in [-0.39, 0.29) is 5.91 Å². The highest BCUT2D eigenvalue weighted by molar-refractivity contribution is 5.78. The van der Waals surface area contributed by atoms with Gasteiger partial charge in [-0.3, -0.25) is 4.79 Å². The molecule has 0 radical (unpaired) electrons. The van der Waals surface area contributed by atoms with Crippen LogP contribution in [-0.2, 0) is 24.2 Å². The van der Waals surface area contributed by atoms with E-state index in [9.17, 15) is 4.79 Å². The van der Waals surface area contributed by atoms with Gasteiger partial charge in [0.25, 0.3) is 0 Å². The van der Waals surface area contributed by atoms with Crippen LogP contribution in [0.1, 0.15) is 55.2 Å². The Morgan fingerprint density at radius 1 is 1.07 bits per heavy atom. The maximum absolute atomic E-state index is 12.7. The van der Waals surface area contributed by atoms with Gasteiger partial charge in [-0.25, -0.2) is 0 Å². The van der Waals surface area contributed by atoms with Gasteiger partial charge in [-0.15, -0.1) is 10.2 Å². The number of benzene rings is 1. The van der Waals surface area contributed by atoms with E-state index < -0.39 is 0 Å². The van der Waals surface area contributed by atoms with Gasteiger partial charge in [0.1, 0.15) is 17.4 Å². The zero-order valence-electron chi connectivity index (χ0n) is 16.1.